The van der Waals surface area contributed by atoms with Crippen molar-refractivity contribution in [3.8, 4) is 5.75 Å². The van der Waals surface area contributed by atoms with Crippen LogP contribution in [-0.4, -0.2) is 38.1 Å². The van der Waals surface area contributed by atoms with Crippen LogP contribution in [0.25, 0.3) is 0 Å². The van der Waals surface area contributed by atoms with Crippen LogP contribution in [0.3, 0.4) is 0 Å². The SMILES string of the molecule is COc1cccc(CN(C)C(=O)c2cc(C)ccc2N2CCCC2)c1. The van der Waals surface area contributed by atoms with E-state index < -0.39 is 0 Å². The van der Waals surface area contributed by atoms with Crippen LogP contribution in [-0.2, 0) is 6.54 Å². The van der Waals surface area contributed by atoms with Crippen LogP contribution in [0.15, 0.2) is 42.5 Å². The van der Waals surface area contributed by atoms with Crippen molar-refractivity contribution in [1.82, 2.24) is 4.90 Å². The van der Waals surface area contributed by atoms with Gasteiger partial charge in [0, 0.05) is 32.4 Å². The lowest BCUT2D eigenvalue weighted by atomic mass is 10.1. The average Bonchev–Trinajstić information content (AvgIpc) is 3.15. The summed E-state index contributed by atoms with van der Waals surface area (Å²) in [6.07, 6.45) is 2.39. The highest BCUT2D eigenvalue weighted by molar-refractivity contribution is 6.00. The van der Waals surface area contributed by atoms with E-state index in [-0.39, 0.29) is 5.91 Å². The van der Waals surface area contributed by atoms with E-state index in [0.29, 0.717) is 6.54 Å². The van der Waals surface area contributed by atoms with Gasteiger partial charge >= 0.3 is 0 Å². The van der Waals surface area contributed by atoms with Gasteiger partial charge in [-0.05, 0) is 49.6 Å². The van der Waals surface area contributed by atoms with E-state index in [9.17, 15) is 4.79 Å². The highest BCUT2D eigenvalue weighted by atomic mass is 16.5. The molecule has 1 saturated heterocycles. The summed E-state index contributed by atoms with van der Waals surface area (Å²) in [4.78, 5) is 17.2. The number of methoxy groups -OCH3 is 1. The molecule has 2 aromatic carbocycles. The first-order valence-corrected chi connectivity index (χ1v) is 8.82. The number of aryl methyl sites for hydroxylation is 1. The van der Waals surface area contributed by atoms with Crippen molar-refractivity contribution < 1.29 is 9.53 Å². The van der Waals surface area contributed by atoms with Crippen LogP contribution in [0, 0.1) is 6.92 Å². The lowest BCUT2D eigenvalue weighted by Crippen LogP contribution is -2.29. The summed E-state index contributed by atoms with van der Waals surface area (Å²) in [6, 6.07) is 14.1. The lowest BCUT2D eigenvalue weighted by molar-refractivity contribution is 0.0785. The lowest BCUT2D eigenvalue weighted by Gasteiger charge is -2.24. The Kier molecular flexibility index (Phi) is 5.27. The monoisotopic (exact) mass is 338 g/mol. The molecule has 2 aromatic rings. The minimum absolute atomic E-state index is 0.0634. The number of benzene rings is 2. The van der Waals surface area contributed by atoms with Crippen LogP contribution < -0.4 is 9.64 Å². The van der Waals surface area contributed by atoms with E-state index in [2.05, 4.69) is 17.0 Å². The Morgan fingerprint density at radius 1 is 1.16 bits per heavy atom. The molecule has 0 spiro atoms. The van der Waals surface area contributed by atoms with Crippen LogP contribution >= 0.6 is 0 Å². The fraction of sp³-hybridized carbons (Fsp3) is 0.381. The van der Waals surface area contributed by atoms with Crippen molar-refractivity contribution in [3.05, 3.63) is 59.2 Å². The number of hydrogen-bond acceptors (Lipinski definition) is 3. The molecule has 1 aliphatic heterocycles. The van der Waals surface area contributed by atoms with Gasteiger partial charge < -0.3 is 14.5 Å². The van der Waals surface area contributed by atoms with E-state index in [1.165, 1.54) is 12.8 Å². The number of anilines is 1. The fourth-order valence-electron chi connectivity index (χ4n) is 3.38. The Balaban J connectivity index is 1.82. The van der Waals surface area contributed by atoms with Gasteiger partial charge in [0.2, 0.25) is 0 Å². The molecule has 1 fully saturated rings. The zero-order valence-corrected chi connectivity index (χ0v) is 15.3. The Labute approximate surface area is 150 Å². The minimum Gasteiger partial charge on any atom is -0.497 e. The fourth-order valence-corrected chi connectivity index (χ4v) is 3.38. The van der Waals surface area contributed by atoms with Gasteiger partial charge in [-0.25, -0.2) is 0 Å². The minimum atomic E-state index is 0.0634. The molecule has 0 aliphatic carbocycles. The van der Waals surface area contributed by atoms with Crippen LogP contribution in [0.1, 0.15) is 34.3 Å². The van der Waals surface area contributed by atoms with Crippen molar-refractivity contribution in [2.24, 2.45) is 0 Å². The van der Waals surface area contributed by atoms with E-state index in [1.807, 2.05) is 44.3 Å². The maximum absolute atomic E-state index is 13.1. The number of ether oxygens (including phenoxy) is 1. The van der Waals surface area contributed by atoms with Crippen molar-refractivity contribution in [2.75, 3.05) is 32.1 Å². The van der Waals surface area contributed by atoms with Crippen molar-refractivity contribution in [1.29, 1.82) is 0 Å². The molecule has 0 radical (unpaired) electrons. The summed E-state index contributed by atoms with van der Waals surface area (Å²) >= 11 is 0. The maximum atomic E-state index is 13.1. The molecule has 0 unspecified atom stereocenters. The molecule has 4 heteroatoms. The zero-order valence-electron chi connectivity index (χ0n) is 15.3. The third kappa shape index (κ3) is 3.95. The van der Waals surface area contributed by atoms with E-state index in [4.69, 9.17) is 4.74 Å². The summed E-state index contributed by atoms with van der Waals surface area (Å²) in [7, 11) is 3.51. The molecule has 3 rings (SSSR count). The van der Waals surface area contributed by atoms with Crippen LogP contribution in [0.5, 0.6) is 5.75 Å². The predicted molar refractivity (Wildman–Crippen MR) is 101 cm³/mol. The van der Waals surface area contributed by atoms with Crippen molar-refractivity contribution in [2.45, 2.75) is 26.3 Å². The molecule has 0 atom stereocenters. The first kappa shape index (κ1) is 17.3. The largest absolute Gasteiger partial charge is 0.497 e. The molecule has 132 valence electrons. The van der Waals surface area contributed by atoms with Gasteiger partial charge in [-0.3, -0.25) is 4.79 Å². The topological polar surface area (TPSA) is 32.8 Å². The average molecular weight is 338 g/mol. The Morgan fingerprint density at radius 3 is 2.64 bits per heavy atom. The second-order valence-electron chi connectivity index (χ2n) is 6.73. The maximum Gasteiger partial charge on any atom is 0.256 e. The number of nitrogens with zero attached hydrogens (tertiary/aromatic N) is 2. The first-order chi connectivity index (χ1) is 12.1. The number of rotatable bonds is 5. The highest BCUT2D eigenvalue weighted by Gasteiger charge is 2.22. The normalized spacial score (nSPS) is 13.8. The third-order valence-corrected chi connectivity index (χ3v) is 4.73. The molecule has 1 aliphatic rings. The second kappa shape index (κ2) is 7.60. The second-order valence-corrected chi connectivity index (χ2v) is 6.73. The van der Waals surface area contributed by atoms with Crippen LogP contribution in [0.2, 0.25) is 0 Å². The number of hydrogen-bond donors (Lipinski definition) is 0. The highest BCUT2D eigenvalue weighted by Crippen LogP contribution is 2.27. The van der Waals surface area contributed by atoms with Gasteiger partial charge in [-0.15, -0.1) is 0 Å². The molecular formula is C21H26N2O2. The van der Waals surface area contributed by atoms with Gasteiger partial charge in [0.25, 0.3) is 5.91 Å². The Bertz CT molecular complexity index is 751. The Morgan fingerprint density at radius 2 is 1.92 bits per heavy atom. The third-order valence-electron chi connectivity index (χ3n) is 4.73. The number of amides is 1. The standard InChI is InChI=1S/C21H26N2O2/c1-16-9-10-20(23-11-4-5-12-23)19(13-16)21(24)22(2)15-17-7-6-8-18(14-17)25-3/h6-10,13-14H,4-5,11-12,15H2,1-3H3. The van der Waals surface area contributed by atoms with Gasteiger partial charge in [-0.1, -0.05) is 23.8 Å². The molecule has 0 N–H and O–H groups in total. The van der Waals surface area contributed by atoms with E-state index >= 15 is 0 Å². The molecule has 1 amide bonds. The molecule has 4 nitrogen and oxygen atoms in total. The molecule has 1 heterocycles. The number of carbonyl (C=O) groups is 1. The first-order valence-electron chi connectivity index (χ1n) is 8.82. The predicted octanol–water partition coefficient (Wildman–Crippen LogP) is 3.88. The Hall–Kier alpha value is -2.49. The van der Waals surface area contributed by atoms with Gasteiger partial charge in [0.1, 0.15) is 5.75 Å². The van der Waals surface area contributed by atoms with Gasteiger partial charge in [0.15, 0.2) is 0 Å². The smallest absolute Gasteiger partial charge is 0.256 e. The van der Waals surface area contributed by atoms with Gasteiger partial charge in [0.05, 0.1) is 12.7 Å². The molecule has 0 saturated carbocycles. The van der Waals surface area contributed by atoms with Crippen LogP contribution in [0.4, 0.5) is 5.69 Å². The molecule has 0 bridgehead atoms. The van der Waals surface area contributed by atoms with E-state index in [1.54, 1.807) is 12.0 Å². The summed E-state index contributed by atoms with van der Waals surface area (Å²) in [5, 5.41) is 0. The quantitative estimate of drug-likeness (QED) is 0.829. The summed E-state index contributed by atoms with van der Waals surface area (Å²) in [5.41, 5.74) is 4.03. The summed E-state index contributed by atoms with van der Waals surface area (Å²) in [5.74, 6) is 0.875. The molecule has 25 heavy (non-hydrogen) atoms. The van der Waals surface area contributed by atoms with Gasteiger partial charge in [-0.2, -0.15) is 0 Å². The van der Waals surface area contributed by atoms with Crippen molar-refractivity contribution in [3.63, 3.8) is 0 Å². The number of carbonyl (C=O) groups excluding carboxylic acids is 1. The zero-order chi connectivity index (χ0) is 17.8. The summed E-state index contributed by atoms with van der Waals surface area (Å²) in [6.45, 7) is 4.65. The molecule has 0 aromatic heterocycles. The summed E-state index contributed by atoms with van der Waals surface area (Å²) < 4.78 is 5.27. The molecular weight excluding hydrogens is 312 g/mol. The van der Waals surface area contributed by atoms with E-state index in [0.717, 1.165) is 41.2 Å². The van der Waals surface area contributed by atoms with Crippen molar-refractivity contribution >= 4 is 11.6 Å².